The number of likely N-dealkylation sites (tertiary alicyclic amines) is 1. The second-order valence-electron chi connectivity index (χ2n) is 7.79. The van der Waals surface area contributed by atoms with Crippen LogP contribution in [-0.4, -0.2) is 39.8 Å². The molecule has 4 rings (SSSR count). The maximum absolute atomic E-state index is 13.2. The van der Waals surface area contributed by atoms with Gasteiger partial charge in [-0.25, -0.2) is 4.98 Å². The zero-order valence-corrected chi connectivity index (χ0v) is 19.6. The molecule has 2 aromatic heterocycles. The van der Waals surface area contributed by atoms with Crippen LogP contribution in [0, 0.1) is 12.8 Å². The zero-order chi connectivity index (χ0) is 22.3. The van der Waals surface area contributed by atoms with Gasteiger partial charge in [0.1, 0.15) is 0 Å². The Kier molecular flexibility index (Phi) is 7.55. The van der Waals surface area contributed by atoms with Crippen molar-refractivity contribution in [1.82, 2.24) is 20.2 Å². The van der Waals surface area contributed by atoms with Crippen LogP contribution in [0.15, 0.2) is 59.1 Å². The Bertz CT molecular complexity index is 1060. The fourth-order valence-electron chi connectivity index (χ4n) is 3.75. The molecular formula is C24H26N4O2S2. The molecule has 3 heterocycles. The van der Waals surface area contributed by atoms with E-state index in [4.69, 9.17) is 0 Å². The van der Waals surface area contributed by atoms with Crippen LogP contribution in [0.3, 0.4) is 0 Å². The third kappa shape index (κ3) is 5.75. The quantitative estimate of drug-likeness (QED) is 0.525. The molecule has 0 saturated carbocycles. The Morgan fingerprint density at radius 3 is 2.72 bits per heavy atom. The highest BCUT2D eigenvalue weighted by Crippen LogP contribution is 2.29. The van der Waals surface area contributed by atoms with Gasteiger partial charge in [0.05, 0.1) is 16.3 Å². The van der Waals surface area contributed by atoms with E-state index < -0.39 is 0 Å². The molecule has 32 heavy (non-hydrogen) atoms. The summed E-state index contributed by atoms with van der Waals surface area (Å²) in [4.78, 5) is 37.2. The van der Waals surface area contributed by atoms with Crippen molar-refractivity contribution in [3.8, 4) is 0 Å². The van der Waals surface area contributed by atoms with E-state index in [2.05, 4.69) is 20.7 Å². The molecular weight excluding hydrogens is 440 g/mol. The molecule has 0 radical (unpaired) electrons. The van der Waals surface area contributed by atoms with Crippen molar-refractivity contribution in [2.45, 2.75) is 37.0 Å². The topological polar surface area (TPSA) is 75.2 Å². The monoisotopic (exact) mass is 466 g/mol. The molecule has 0 aliphatic carbocycles. The lowest BCUT2D eigenvalue weighted by Crippen LogP contribution is -2.43. The number of thioether (sulfide) groups is 1. The molecule has 1 aliphatic rings. The van der Waals surface area contributed by atoms with Gasteiger partial charge in [0.15, 0.2) is 0 Å². The summed E-state index contributed by atoms with van der Waals surface area (Å²) in [7, 11) is 0. The molecule has 0 unspecified atom stereocenters. The van der Waals surface area contributed by atoms with Gasteiger partial charge in [0.2, 0.25) is 5.91 Å². The van der Waals surface area contributed by atoms with Crippen LogP contribution in [0.1, 0.15) is 39.5 Å². The predicted molar refractivity (Wildman–Crippen MR) is 128 cm³/mol. The minimum atomic E-state index is -0.0618. The SMILES string of the molecule is Cc1nc(CSc2ccccc2C(=O)N2CCC(C(=O)NCc3cccnc3)CC2)cs1. The summed E-state index contributed by atoms with van der Waals surface area (Å²) in [6, 6.07) is 11.6. The highest BCUT2D eigenvalue weighted by molar-refractivity contribution is 7.98. The first-order chi connectivity index (χ1) is 15.6. The van der Waals surface area contributed by atoms with Crippen molar-refractivity contribution < 1.29 is 9.59 Å². The Morgan fingerprint density at radius 1 is 1.19 bits per heavy atom. The molecule has 6 nitrogen and oxygen atoms in total. The number of nitrogens with one attached hydrogen (secondary N) is 1. The highest BCUT2D eigenvalue weighted by Gasteiger charge is 2.28. The lowest BCUT2D eigenvalue weighted by Gasteiger charge is -2.31. The number of aromatic nitrogens is 2. The van der Waals surface area contributed by atoms with E-state index in [-0.39, 0.29) is 17.7 Å². The van der Waals surface area contributed by atoms with Gasteiger partial charge < -0.3 is 10.2 Å². The number of hydrogen-bond acceptors (Lipinski definition) is 6. The number of rotatable bonds is 7. The standard InChI is InChI=1S/C24H26N4O2S2/c1-17-27-20(15-31-17)16-32-22-7-3-2-6-21(22)24(30)28-11-8-19(9-12-28)23(29)26-14-18-5-4-10-25-13-18/h2-7,10,13,15,19H,8-9,11-12,14,16H2,1H3,(H,26,29). The fraction of sp³-hybridized carbons (Fsp3) is 0.333. The van der Waals surface area contributed by atoms with E-state index in [0.29, 0.717) is 32.5 Å². The maximum Gasteiger partial charge on any atom is 0.254 e. The van der Waals surface area contributed by atoms with Crippen LogP contribution >= 0.6 is 23.1 Å². The molecule has 0 atom stereocenters. The van der Waals surface area contributed by atoms with Crippen molar-refractivity contribution in [3.63, 3.8) is 0 Å². The first kappa shape index (κ1) is 22.5. The van der Waals surface area contributed by atoms with Crippen molar-refractivity contribution >= 4 is 34.9 Å². The first-order valence-corrected chi connectivity index (χ1v) is 12.6. The Balaban J connectivity index is 1.31. The van der Waals surface area contributed by atoms with Gasteiger partial charge in [-0.3, -0.25) is 14.6 Å². The van der Waals surface area contributed by atoms with E-state index in [1.165, 1.54) is 0 Å². The second-order valence-corrected chi connectivity index (χ2v) is 9.87. The van der Waals surface area contributed by atoms with Crippen LogP contribution in [0.25, 0.3) is 0 Å². The fourth-order valence-corrected chi connectivity index (χ4v) is 5.40. The first-order valence-electron chi connectivity index (χ1n) is 10.7. The van der Waals surface area contributed by atoms with Crippen molar-refractivity contribution in [2.75, 3.05) is 13.1 Å². The molecule has 1 aromatic carbocycles. The number of aryl methyl sites for hydroxylation is 1. The third-order valence-corrected chi connectivity index (χ3v) is 7.43. The maximum atomic E-state index is 13.2. The van der Waals surface area contributed by atoms with E-state index in [0.717, 1.165) is 32.5 Å². The molecule has 1 N–H and O–H groups in total. The molecule has 0 bridgehead atoms. The summed E-state index contributed by atoms with van der Waals surface area (Å²) < 4.78 is 0. The number of carbonyl (C=O) groups is 2. The molecule has 166 valence electrons. The number of benzene rings is 1. The summed E-state index contributed by atoms with van der Waals surface area (Å²) in [5.41, 5.74) is 2.75. The number of amides is 2. The van der Waals surface area contributed by atoms with Gasteiger partial charge in [-0.15, -0.1) is 23.1 Å². The van der Waals surface area contributed by atoms with Crippen LogP contribution in [0.2, 0.25) is 0 Å². The summed E-state index contributed by atoms with van der Waals surface area (Å²) in [5, 5.41) is 6.12. The zero-order valence-electron chi connectivity index (χ0n) is 18.0. The molecule has 8 heteroatoms. The van der Waals surface area contributed by atoms with E-state index in [1.807, 2.05) is 48.2 Å². The molecule has 0 spiro atoms. The Morgan fingerprint density at radius 2 is 2.00 bits per heavy atom. The van der Waals surface area contributed by atoms with Crippen LogP contribution in [0.5, 0.6) is 0 Å². The van der Waals surface area contributed by atoms with Crippen LogP contribution < -0.4 is 5.32 Å². The summed E-state index contributed by atoms with van der Waals surface area (Å²) in [5.74, 6) is 0.772. The summed E-state index contributed by atoms with van der Waals surface area (Å²) in [6.07, 6.45) is 4.83. The minimum absolute atomic E-state index is 0.0387. The number of nitrogens with zero attached hydrogens (tertiary/aromatic N) is 3. The lowest BCUT2D eigenvalue weighted by atomic mass is 9.95. The molecule has 1 aliphatic heterocycles. The predicted octanol–water partition coefficient (Wildman–Crippen LogP) is 4.31. The number of pyridine rings is 1. The van der Waals surface area contributed by atoms with Crippen molar-refractivity contribution in [1.29, 1.82) is 0 Å². The molecule has 3 aromatic rings. The van der Waals surface area contributed by atoms with Gasteiger partial charge in [0, 0.05) is 54.0 Å². The number of thiazole rings is 1. The average molecular weight is 467 g/mol. The molecule has 2 amide bonds. The summed E-state index contributed by atoms with van der Waals surface area (Å²) in [6.45, 7) is 3.66. The number of carbonyl (C=O) groups excluding carboxylic acids is 2. The highest BCUT2D eigenvalue weighted by atomic mass is 32.2. The number of hydrogen-bond donors (Lipinski definition) is 1. The van der Waals surface area contributed by atoms with Crippen molar-refractivity contribution in [2.24, 2.45) is 5.92 Å². The van der Waals surface area contributed by atoms with Crippen LogP contribution in [0.4, 0.5) is 0 Å². The Labute approximate surface area is 196 Å². The van der Waals surface area contributed by atoms with Crippen LogP contribution in [-0.2, 0) is 17.1 Å². The van der Waals surface area contributed by atoms with E-state index >= 15 is 0 Å². The Hall–Kier alpha value is -2.71. The van der Waals surface area contributed by atoms with Gasteiger partial charge in [0.25, 0.3) is 5.91 Å². The van der Waals surface area contributed by atoms with Gasteiger partial charge in [-0.1, -0.05) is 18.2 Å². The largest absolute Gasteiger partial charge is 0.352 e. The van der Waals surface area contributed by atoms with Gasteiger partial charge in [-0.05, 0) is 43.5 Å². The average Bonchev–Trinajstić information content (AvgIpc) is 3.26. The van der Waals surface area contributed by atoms with E-state index in [9.17, 15) is 9.59 Å². The second kappa shape index (κ2) is 10.7. The normalized spacial score (nSPS) is 14.3. The third-order valence-electron chi connectivity index (χ3n) is 5.50. The smallest absolute Gasteiger partial charge is 0.254 e. The molecule has 1 fully saturated rings. The lowest BCUT2D eigenvalue weighted by molar-refractivity contribution is -0.126. The van der Waals surface area contributed by atoms with E-state index in [1.54, 1.807) is 35.5 Å². The summed E-state index contributed by atoms with van der Waals surface area (Å²) >= 11 is 3.29. The molecule has 1 saturated heterocycles. The van der Waals surface area contributed by atoms with Crippen molar-refractivity contribution in [3.05, 3.63) is 76.0 Å². The minimum Gasteiger partial charge on any atom is -0.352 e. The van der Waals surface area contributed by atoms with Gasteiger partial charge in [-0.2, -0.15) is 0 Å². The van der Waals surface area contributed by atoms with Gasteiger partial charge >= 0.3 is 0 Å². The number of piperidine rings is 1.